The predicted octanol–water partition coefficient (Wildman–Crippen LogP) is 4.45. The van der Waals surface area contributed by atoms with Crippen molar-refractivity contribution in [2.24, 2.45) is 5.92 Å². The Morgan fingerprint density at radius 2 is 1.94 bits per heavy atom. The zero-order valence-corrected chi connectivity index (χ0v) is 28.7. The van der Waals surface area contributed by atoms with Crippen LogP contribution in [0.25, 0.3) is 28.0 Å². The molecule has 3 aliphatic rings. The fraction of sp³-hybridized carbons (Fsp3) is 0.444. The fourth-order valence-electron chi connectivity index (χ4n) is 7.01. The number of alkyl halides is 2. The lowest BCUT2D eigenvalue weighted by molar-refractivity contribution is -0.126. The number of aromatic nitrogens is 3. The smallest absolute Gasteiger partial charge is 0.355 e. The second-order valence-electron chi connectivity index (χ2n) is 13.3. The zero-order valence-electron chi connectivity index (χ0n) is 28.7. The molecule has 1 fully saturated rings. The Morgan fingerprint density at radius 1 is 1.18 bits per heavy atom. The van der Waals surface area contributed by atoms with E-state index in [2.05, 4.69) is 16.5 Å². The van der Waals surface area contributed by atoms with Crippen molar-refractivity contribution >= 4 is 28.5 Å². The van der Waals surface area contributed by atoms with E-state index >= 15 is 8.78 Å². The van der Waals surface area contributed by atoms with Crippen LogP contribution in [0.2, 0.25) is 0 Å². The highest BCUT2D eigenvalue weighted by Gasteiger charge is 2.37. The summed E-state index contributed by atoms with van der Waals surface area (Å²) in [5.41, 5.74) is -1.33. The molecule has 272 valence electrons. The SMILES string of the molecule is C=CC(=O)N1CCN(c2nc(=O)n3c4nc(c(F)cc24)-c2c(F)cccc2OCC(O)C(OCC(F)F)C2=C3[C@@H](C)N(CC(C)C)C=C2)[C@@H](C)C1. The van der Waals surface area contributed by atoms with Crippen LogP contribution < -0.4 is 15.3 Å². The summed E-state index contributed by atoms with van der Waals surface area (Å²) in [6.45, 7) is 10.9. The quantitative estimate of drug-likeness (QED) is 0.281. The topological polar surface area (TPSA) is 113 Å². The van der Waals surface area contributed by atoms with E-state index in [1.165, 1.54) is 22.8 Å². The van der Waals surface area contributed by atoms with Gasteiger partial charge in [0.15, 0.2) is 11.5 Å². The summed E-state index contributed by atoms with van der Waals surface area (Å²) >= 11 is 0. The van der Waals surface area contributed by atoms with Crippen molar-refractivity contribution in [1.82, 2.24) is 24.3 Å². The summed E-state index contributed by atoms with van der Waals surface area (Å²) in [5, 5.41) is 11.6. The van der Waals surface area contributed by atoms with Crippen molar-refractivity contribution in [3.05, 3.63) is 76.9 Å². The summed E-state index contributed by atoms with van der Waals surface area (Å²) < 4.78 is 71.9. The molecule has 1 amide bonds. The van der Waals surface area contributed by atoms with Crippen LogP contribution in [0.1, 0.15) is 27.7 Å². The molecule has 3 aliphatic heterocycles. The molecular weight excluding hydrogens is 672 g/mol. The van der Waals surface area contributed by atoms with Crippen LogP contribution in [0.3, 0.4) is 0 Å². The average Bonchev–Trinajstić information content (AvgIpc) is 3.08. The van der Waals surface area contributed by atoms with Crippen molar-refractivity contribution in [3.63, 3.8) is 0 Å². The minimum atomic E-state index is -2.89. The van der Waals surface area contributed by atoms with E-state index in [4.69, 9.17) is 9.47 Å². The predicted molar refractivity (Wildman–Crippen MR) is 183 cm³/mol. The normalized spacial score (nSPS) is 22.2. The van der Waals surface area contributed by atoms with E-state index in [9.17, 15) is 23.5 Å². The number of anilines is 1. The van der Waals surface area contributed by atoms with Gasteiger partial charge in [0.05, 0.1) is 22.7 Å². The maximum Gasteiger partial charge on any atom is 0.355 e. The van der Waals surface area contributed by atoms with Crippen molar-refractivity contribution in [2.45, 2.75) is 58.4 Å². The van der Waals surface area contributed by atoms with Crippen molar-refractivity contribution < 1.29 is 36.9 Å². The first-order valence-corrected chi connectivity index (χ1v) is 16.8. The number of carbonyl (C=O) groups excluding carboxylic acids is 1. The molecule has 4 atom stereocenters. The number of nitrogens with zero attached hydrogens (tertiary/aromatic N) is 6. The Morgan fingerprint density at radius 3 is 2.63 bits per heavy atom. The largest absolute Gasteiger partial charge is 0.490 e. The van der Waals surface area contributed by atoms with Crippen LogP contribution in [0, 0.1) is 17.6 Å². The summed E-state index contributed by atoms with van der Waals surface area (Å²) in [7, 11) is 0. The molecule has 1 saturated heterocycles. The van der Waals surface area contributed by atoms with Gasteiger partial charge < -0.3 is 29.3 Å². The number of amides is 1. The van der Waals surface area contributed by atoms with Gasteiger partial charge >= 0.3 is 5.69 Å². The number of carbonyl (C=O) groups is 1. The highest BCUT2D eigenvalue weighted by Crippen LogP contribution is 2.39. The van der Waals surface area contributed by atoms with Crippen LogP contribution >= 0.6 is 0 Å². The summed E-state index contributed by atoms with van der Waals surface area (Å²) in [4.78, 5) is 41.3. The number of piperazine rings is 1. The molecule has 15 heteroatoms. The molecule has 0 saturated carbocycles. The maximum absolute atomic E-state index is 16.4. The van der Waals surface area contributed by atoms with Gasteiger partial charge in [0.2, 0.25) is 5.91 Å². The number of hydrogen-bond acceptors (Lipinski definition) is 9. The summed E-state index contributed by atoms with van der Waals surface area (Å²) in [6, 6.07) is 3.93. The van der Waals surface area contributed by atoms with Crippen LogP contribution in [0.15, 0.2) is 59.6 Å². The Balaban J connectivity index is 1.68. The van der Waals surface area contributed by atoms with Crippen LogP contribution in [-0.2, 0) is 9.53 Å². The van der Waals surface area contributed by atoms with Gasteiger partial charge in [0.1, 0.15) is 48.5 Å². The standard InChI is InChI=1S/C36H40F4N6O5/c1-6-29(48)44-12-13-45(20(4)16-44)34-23-14-25(38)31-30-24(37)8-7-9-27(30)50-17-26(47)33(51-18-28(39)40)22-10-11-43(15-19(2)3)21(5)32(22)46(35(23)41-31)36(49)42-34/h6-11,14,19-21,26,28,33,47H,1,12-13,15-18H2,2-5H3/t20-,21+,26?,33?/m0/s1. The number of halogens is 4. The summed E-state index contributed by atoms with van der Waals surface area (Å²) in [6.07, 6.45) is -1.38. The highest BCUT2D eigenvalue weighted by atomic mass is 19.3. The number of aliphatic hydroxyl groups excluding tert-OH is 1. The third-order valence-electron chi connectivity index (χ3n) is 9.32. The molecule has 51 heavy (non-hydrogen) atoms. The molecule has 0 aliphatic carbocycles. The number of rotatable bonds is 7. The zero-order chi connectivity index (χ0) is 36.7. The van der Waals surface area contributed by atoms with E-state index in [-0.39, 0.29) is 76.9 Å². The van der Waals surface area contributed by atoms with E-state index in [0.717, 1.165) is 12.1 Å². The van der Waals surface area contributed by atoms with Gasteiger partial charge in [-0.2, -0.15) is 4.98 Å². The average molecular weight is 713 g/mol. The minimum absolute atomic E-state index is 0.0887. The van der Waals surface area contributed by atoms with Crippen molar-refractivity contribution in [2.75, 3.05) is 44.3 Å². The lowest BCUT2D eigenvalue weighted by atomic mass is 9.94. The summed E-state index contributed by atoms with van der Waals surface area (Å²) in [5.74, 6) is -1.97. The number of benzene rings is 1. The van der Waals surface area contributed by atoms with Gasteiger partial charge in [0.25, 0.3) is 6.43 Å². The Hall–Kier alpha value is -4.76. The highest BCUT2D eigenvalue weighted by molar-refractivity contribution is 5.92. The van der Waals surface area contributed by atoms with Crippen molar-refractivity contribution in [1.29, 1.82) is 0 Å². The lowest BCUT2D eigenvalue weighted by Crippen LogP contribution is -2.54. The number of fused-ring (bicyclic) bond motifs is 4. The molecule has 2 aromatic heterocycles. The Bertz CT molecular complexity index is 1970. The van der Waals surface area contributed by atoms with Crippen LogP contribution in [-0.4, -0.2) is 105 Å². The van der Waals surface area contributed by atoms with Gasteiger partial charge in [-0.3, -0.25) is 4.79 Å². The number of pyridine rings is 1. The van der Waals surface area contributed by atoms with E-state index in [1.54, 1.807) is 29.0 Å². The third-order valence-corrected chi connectivity index (χ3v) is 9.32. The molecule has 2 bridgehead atoms. The van der Waals surface area contributed by atoms with Gasteiger partial charge in [-0.05, 0) is 50.1 Å². The third kappa shape index (κ3) is 6.84. The first-order valence-electron chi connectivity index (χ1n) is 16.8. The molecule has 11 nitrogen and oxygen atoms in total. The minimum Gasteiger partial charge on any atom is -0.490 e. The molecule has 3 aromatic rings. The van der Waals surface area contributed by atoms with Gasteiger partial charge in [-0.25, -0.2) is 31.9 Å². The van der Waals surface area contributed by atoms with E-state index in [0.29, 0.717) is 6.54 Å². The molecule has 0 radical (unpaired) electrons. The molecule has 0 spiro atoms. The van der Waals surface area contributed by atoms with Crippen molar-refractivity contribution in [3.8, 4) is 17.0 Å². The number of aliphatic hydroxyl groups is 1. The second kappa shape index (κ2) is 14.5. The molecule has 6 rings (SSSR count). The van der Waals surface area contributed by atoms with E-state index < -0.39 is 60.9 Å². The first-order chi connectivity index (χ1) is 24.3. The molecular formula is C36H40F4N6O5. The van der Waals surface area contributed by atoms with Gasteiger partial charge in [0, 0.05) is 44.0 Å². The Labute approximate surface area is 292 Å². The second-order valence-corrected chi connectivity index (χ2v) is 13.3. The van der Waals surface area contributed by atoms with Crippen LogP contribution in [0.4, 0.5) is 23.4 Å². The fourth-order valence-corrected chi connectivity index (χ4v) is 7.01. The molecule has 2 unspecified atom stereocenters. The monoisotopic (exact) mass is 712 g/mol. The number of ether oxygens (including phenoxy) is 2. The number of hydrogen-bond donors (Lipinski definition) is 1. The Kier molecular flexibility index (Phi) is 10.2. The molecule has 1 aromatic carbocycles. The lowest BCUT2D eigenvalue weighted by Gasteiger charge is -2.41. The maximum atomic E-state index is 16.4. The first kappa shape index (κ1) is 36.0. The molecule has 5 heterocycles. The van der Waals surface area contributed by atoms with E-state index in [1.807, 2.05) is 25.7 Å². The van der Waals surface area contributed by atoms with Gasteiger partial charge in [-0.1, -0.05) is 26.5 Å². The van der Waals surface area contributed by atoms with Gasteiger partial charge in [-0.15, -0.1) is 0 Å². The van der Waals surface area contributed by atoms with Crippen LogP contribution in [0.5, 0.6) is 5.75 Å². The molecule has 1 N–H and O–H groups in total.